The molecule has 0 saturated carbocycles. The summed E-state index contributed by atoms with van der Waals surface area (Å²) < 4.78 is 0. The molecule has 0 spiro atoms. The van der Waals surface area contributed by atoms with Crippen molar-refractivity contribution >= 4 is 5.97 Å². The molecule has 4 heteroatoms. The van der Waals surface area contributed by atoms with Gasteiger partial charge in [-0.1, -0.05) is 64.0 Å². The van der Waals surface area contributed by atoms with E-state index in [1.54, 1.807) is 0 Å². The SMILES string of the molecule is CCCCCC[C@@H](O)C/C=C\CCCCCCC(N)C(=O)O. The standard InChI is InChI=1S/C18H35NO3/c1-2-3-4-10-13-16(20)14-11-8-6-5-7-9-12-15-17(19)18(21)22/h8,11,16-17,20H,2-7,9-10,12-15,19H2,1H3,(H,21,22)/b11-8-/t16-,17?/m1/s1. The molecular weight excluding hydrogens is 278 g/mol. The summed E-state index contributed by atoms with van der Waals surface area (Å²) in [4.78, 5) is 10.5. The molecular formula is C18H35NO3. The predicted molar refractivity (Wildman–Crippen MR) is 91.8 cm³/mol. The maximum atomic E-state index is 10.5. The van der Waals surface area contributed by atoms with Crippen LogP contribution in [0.2, 0.25) is 0 Å². The van der Waals surface area contributed by atoms with Crippen molar-refractivity contribution < 1.29 is 15.0 Å². The summed E-state index contributed by atoms with van der Waals surface area (Å²) in [6.07, 6.45) is 16.3. The van der Waals surface area contributed by atoms with Crippen LogP contribution in [0.25, 0.3) is 0 Å². The fourth-order valence-corrected chi connectivity index (χ4v) is 2.40. The van der Waals surface area contributed by atoms with Crippen molar-refractivity contribution in [2.75, 3.05) is 0 Å². The van der Waals surface area contributed by atoms with Crippen LogP contribution < -0.4 is 5.73 Å². The van der Waals surface area contributed by atoms with Gasteiger partial charge in [0, 0.05) is 0 Å². The summed E-state index contributed by atoms with van der Waals surface area (Å²) >= 11 is 0. The molecule has 22 heavy (non-hydrogen) atoms. The smallest absolute Gasteiger partial charge is 0.320 e. The van der Waals surface area contributed by atoms with E-state index in [0.29, 0.717) is 6.42 Å². The van der Waals surface area contributed by atoms with Crippen molar-refractivity contribution in [3.05, 3.63) is 12.2 Å². The number of rotatable bonds is 15. The first-order valence-electron chi connectivity index (χ1n) is 8.89. The van der Waals surface area contributed by atoms with Gasteiger partial charge in [-0.25, -0.2) is 0 Å². The zero-order valence-corrected chi connectivity index (χ0v) is 14.2. The van der Waals surface area contributed by atoms with E-state index >= 15 is 0 Å². The lowest BCUT2D eigenvalue weighted by molar-refractivity contribution is -0.138. The molecule has 0 aliphatic carbocycles. The number of aliphatic carboxylic acids is 1. The molecule has 0 aliphatic heterocycles. The van der Waals surface area contributed by atoms with Crippen molar-refractivity contribution in [1.82, 2.24) is 0 Å². The first-order valence-corrected chi connectivity index (χ1v) is 8.89. The van der Waals surface area contributed by atoms with Crippen LogP contribution in [-0.4, -0.2) is 28.3 Å². The van der Waals surface area contributed by atoms with Crippen LogP contribution >= 0.6 is 0 Å². The summed E-state index contributed by atoms with van der Waals surface area (Å²) in [5.74, 6) is -0.906. The van der Waals surface area contributed by atoms with Crippen LogP contribution in [-0.2, 0) is 4.79 Å². The summed E-state index contributed by atoms with van der Waals surface area (Å²) in [5.41, 5.74) is 5.44. The largest absolute Gasteiger partial charge is 0.480 e. The van der Waals surface area contributed by atoms with Gasteiger partial charge in [-0.05, 0) is 32.1 Å². The van der Waals surface area contributed by atoms with Crippen molar-refractivity contribution in [1.29, 1.82) is 0 Å². The zero-order valence-electron chi connectivity index (χ0n) is 14.2. The first-order chi connectivity index (χ1) is 10.6. The van der Waals surface area contributed by atoms with Gasteiger partial charge in [0.2, 0.25) is 0 Å². The van der Waals surface area contributed by atoms with E-state index in [1.807, 2.05) is 0 Å². The molecule has 0 rings (SSSR count). The lowest BCUT2D eigenvalue weighted by Gasteiger charge is -2.07. The molecule has 0 aromatic carbocycles. The van der Waals surface area contributed by atoms with Gasteiger partial charge in [0.25, 0.3) is 0 Å². The van der Waals surface area contributed by atoms with Gasteiger partial charge in [-0.15, -0.1) is 0 Å². The van der Waals surface area contributed by atoms with E-state index < -0.39 is 12.0 Å². The minimum Gasteiger partial charge on any atom is -0.480 e. The Morgan fingerprint density at radius 3 is 2.32 bits per heavy atom. The monoisotopic (exact) mass is 313 g/mol. The number of carboxylic acids is 1. The van der Waals surface area contributed by atoms with E-state index in [1.165, 1.54) is 19.3 Å². The Labute approximate surface area is 135 Å². The minimum absolute atomic E-state index is 0.189. The van der Waals surface area contributed by atoms with Crippen LogP contribution in [0.4, 0.5) is 0 Å². The summed E-state index contributed by atoms with van der Waals surface area (Å²) in [5, 5.41) is 18.5. The second-order valence-electron chi connectivity index (χ2n) is 6.15. The molecule has 0 aliphatic rings. The number of carbonyl (C=O) groups is 1. The van der Waals surface area contributed by atoms with Gasteiger partial charge >= 0.3 is 5.97 Å². The Morgan fingerprint density at radius 1 is 1.00 bits per heavy atom. The molecule has 0 aromatic rings. The van der Waals surface area contributed by atoms with Gasteiger partial charge < -0.3 is 15.9 Å². The Bertz CT molecular complexity index is 292. The minimum atomic E-state index is -0.906. The van der Waals surface area contributed by atoms with Crippen molar-refractivity contribution in [2.45, 2.75) is 96.1 Å². The predicted octanol–water partition coefficient (Wildman–Crippen LogP) is 4.02. The average molecular weight is 313 g/mol. The Balaban J connectivity index is 3.34. The number of aliphatic hydroxyl groups excluding tert-OH is 1. The molecule has 1 unspecified atom stereocenters. The molecule has 0 heterocycles. The number of allylic oxidation sites excluding steroid dienone is 1. The third-order valence-corrected chi connectivity index (χ3v) is 3.92. The van der Waals surface area contributed by atoms with Gasteiger partial charge in [0.05, 0.1) is 6.10 Å². The highest BCUT2D eigenvalue weighted by Gasteiger charge is 2.09. The lowest BCUT2D eigenvalue weighted by Crippen LogP contribution is -2.29. The van der Waals surface area contributed by atoms with Gasteiger partial charge in [-0.2, -0.15) is 0 Å². The highest BCUT2D eigenvalue weighted by atomic mass is 16.4. The van der Waals surface area contributed by atoms with E-state index in [0.717, 1.165) is 51.4 Å². The van der Waals surface area contributed by atoms with E-state index in [2.05, 4.69) is 19.1 Å². The first kappa shape index (κ1) is 21.1. The highest BCUT2D eigenvalue weighted by Crippen LogP contribution is 2.10. The Kier molecular flexibility index (Phi) is 14.4. The Morgan fingerprint density at radius 2 is 1.64 bits per heavy atom. The fraction of sp³-hybridized carbons (Fsp3) is 0.833. The number of nitrogens with two attached hydrogens (primary N) is 1. The zero-order chi connectivity index (χ0) is 16.6. The van der Waals surface area contributed by atoms with Crippen molar-refractivity contribution in [3.8, 4) is 0 Å². The molecule has 4 N–H and O–H groups in total. The maximum Gasteiger partial charge on any atom is 0.320 e. The van der Waals surface area contributed by atoms with Crippen LogP contribution in [0.1, 0.15) is 84.0 Å². The van der Waals surface area contributed by atoms with Crippen LogP contribution in [0.3, 0.4) is 0 Å². The van der Waals surface area contributed by atoms with E-state index in [9.17, 15) is 9.90 Å². The molecule has 2 atom stereocenters. The van der Waals surface area contributed by atoms with E-state index in [-0.39, 0.29) is 6.10 Å². The normalized spacial score (nSPS) is 14.3. The molecule has 0 bridgehead atoms. The summed E-state index contributed by atoms with van der Waals surface area (Å²) in [6.45, 7) is 2.19. The topological polar surface area (TPSA) is 83.5 Å². The molecule has 0 saturated heterocycles. The number of hydrogen-bond donors (Lipinski definition) is 3. The van der Waals surface area contributed by atoms with Crippen LogP contribution in [0, 0.1) is 0 Å². The second-order valence-corrected chi connectivity index (χ2v) is 6.15. The van der Waals surface area contributed by atoms with Crippen molar-refractivity contribution in [3.63, 3.8) is 0 Å². The molecule has 0 fully saturated rings. The molecule has 0 radical (unpaired) electrons. The summed E-state index contributed by atoms with van der Waals surface area (Å²) in [7, 11) is 0. The van der Waals surface area contributed by atoms with Crippen LogP contribution in [0.5, 0.6) is 0 Å². The fourth-order valence-electron chi connectivity index (χ4n) is 2.40. The molecule has 4 nitrogen and oxygen atoms in total. The van der Waals surface area contributed by atoms with Crippen LogP contribution in [0.15, 0.2) is 12.2 Å². The Hall–Kier alpha value is -0.870. The quantitative estimate of drug-likeness (QED) is 0.315. The molecule has 0 aromatic heterocycles. The van der Waals surface area contributed by atoms with Gasteiger partial charge in [-0.3, -0.25) is 4.79 Å². The number of hydrogen-bond acceptors (Lipinski definition) is 3. The summed E-state index contributed by atoms with van der Waals surface area (Å²) in [6, 6.07) is -0.710. The number of unbranched alkanes of at least 4 members (excludes halogenated alkanes) is 7. The highest BCUT2D eigenvalue weighted by molar-refractivity contribution is 5.72. The molecule has 130 valence electrons. The van der Waals surface area contributed by atoms with Gasteiger partial charge in [0.15, 0.2) is 0 Å². The lowest BCUT2D eigenvalue weighted by atomic mass is 10.1. The average Bonchev–Trinajstić information content (AvgIpc) is 2.49. The van der Waals surface area contributed by atoms with Gasteiger partial charge in [0.1, 0.15) is 6.04 Å². The third kappa shape index (κ3) is 14.1. The number of aliphatic hydroxyl groups is 1. The maximum absolute atomic E-state index is 10.5. The van der Waals surface area contributed by atoms with E-state index in [4.69, 9.17) is 10.8 Å². The molecule has 0 amide bonds. The third-order valence-electron chi connectivity index (χ3n) is 3.92. The second kappa shape index (κ2) is 15.0. The number of carboxylic acid groups (broad SMARTS) is 1. The van der Waals surface area contributed by atoms with Crippen molar-refractivity contribution in [2.24, 2.45) is 5.73 Å².